The van der Waals surface area contributed by atoms with E-state index in [0.717, 1.165) is 39.9 Å². The summed E-state index contributed by atoms with van der Waals surface area (Å²) in [5.41, 5.74) is 12.7. The third-order valence-corrected chi connectivity index (χ3v) is 7.88. The molecule has 2 aromatic heterocycles. The van der Waals surface area contributed by atoms with E-state index >= 15 is 0 Å². The second kappa shape index (κ2) is 9.26. The predicted octanol–water partition coefficient (Wildman–Crippen LogP) is 6.43. The fraction of sp³-hybridized carbons (Fsp3) is 0.133. The maximum absolute atomic E-state index is 13.8. The molecule has 5 aromatic rings. The highest BCUT2D eigenvalue weighted by molar-refractivity contribution is 7.21. The Hall–Kier alpha value is -4.36. The molecular formula is C30H25N3O3S. The Bertz CT molecular complexity index is 1650. The van der Waals surface area contributed by atoms with E-state index in [4.69, 9.17) is 20.2 Å². The normalized spacial score (nSPS) is 12.5. The molecule has 6 rings (SSSR count). The van der Waals surface area contributed by atoms with Crippen LogP contribution < -0.4 is 20.1 Å². The number of methoxy groups -OCH3 is 2. The Labute approximate surface area is 218 Å². The molecule has 1 amide bonds. The number of amides is 1. The summed E-state index contributed by atoms with van der Waals surface area (Å²) < 4.78 is 11.3. The minimum atomic E-state index is -0.102. The van der Waals surface area contributed by atoms with E-state index < -0.39 is 0 Å². The van der Waals surface area contributed by atoms with E-state index in [1.807, 2.05) is 77.7 Å². The lowest BCUT2D eigenvalue weighted by Crippen LogP contribution is -2.28. The predicted molar refractivity (Wildman–Crippen MR) is 150 cm³/mol. The molecule has 2 N–H and O–H groups in total. The summed E-state index contributed by atoms with van der Waals surface area (Å²) in [6.07, 6.45) is 0.829. The second-order valence-corrected chi connectivity index (χ2v) is 9.82. The first-order valence-corrected chi connectivity index (χ1v) is 12.8. The summed E-state index contributed by atoms with van der Waals surface area (Å²) in [5, 5.41) is 0.743. The number of carbonyl (C=O) groups excluding carboxylic acids is 1. The first-order chi connectivity index (χ1) is 18.1. The molecule has 0 aliphatic carbocycles. The van der Waals surface area contributed by atoms with Gasteiger partial charge in [-0.3, -0.25) is 4.79 Å². The van der Waals surface area contributed by atoms with Gasteiger partial charge in [0, 0.05) is 34.3 Å². The first kappa shape index (κ1) is 23.1. The summed E-state index contributed by atoms with van der Waals surface area (Å²) in [6, 6.07) is 25.7. The molecule has 6 nitrogen and oxygen atoms in total. The number of ether oxygens (including phenoxy) is 2. The van der Waals surface area contributed by atoms with Gasteiger partial charge in [-0.25, -0.2) is 4.98 Å². The highest BCUT2D eigenvalue weighted by atomic mass is 32.1. The molecule has 37 heavy (non-hydrogen) atoms. The van der Waals surface area contributed by atoms with Gasteiger partial charge in [0.05, 0.1) is 25.6 Å². The molecule has 1 aliphatic heterocycles. The van der Waals surface area contributed by atoms with E-state index in [9.17, 15) is 4.79 Å². The molecule has 0 spiro atoms. The molecule has 0 saturated heterocycles. The van der Waals surface area contributed by atoms with Gasteiger partial charge in [0.1, 0.15) is 9.71 Å². The van der Waals surface area contributed by atoms with Crippen LogP contribution >= 0.6 is 11.3 Å². The van der Waals surface area contributed by atoms with Crippen molar-refractivity contribution in [3.63, 3.8) is 0 Å². The third-order valence-electron chi connectivity index (χ3n) is 6.79. The van der Waals surface area contributed by atoms with E-state index in [1.54, 1.807) is 14.2 Å². The lowest BCUT2D eigenvalue weighted by molar-refractivity contribution is 0.0994. The Morgan fingerprint density at radius 1 is 0.946 bits per heavy atom. The van der Waals surface area contributed by atoms with Crippen LogP contribution in [0.2, 0.25) is 0 Å². The van der Waals surface area contributed by atoms with Gasteiger partial charge in [0.25, 0.3) is 5.91 Å². The smallest absolute Gasteiger partial charge is 0.270 e. The maximum atomic E-state index is 13.8. The number of aromatic nitrogens is 1. The average molecular weight is 508 g/mol. The average Bonchev–Trinajstić information content (AvgIpc) is 3.53. The maximum Gasteiger partial charge on any atom is 0.270 e. The number of hydrogen-bond donors (Lipinski definition) is 1. The van der Waals surface area contributed by atoms with Crippen molar-refractivity contribution in [3.8, 4) is 33.9 Å². The van der Waals surface area contributed by atoms with Crippen molar-refractivity contribution in [1.29, 1.82) is 0 Å². The minimum absolute atomic E-state index is 0.102. The summed E-state index contributed by atoms with van der Waals surface area (Å²) in [7, 11) is 3.23. The van der Waals surface area contributed by atoms with E-state index in [1.165, 1.54) is 16.9 Å². The number of carbonyl (C=O) groups is 1. The SMILES string of the molecule is COc1cccc(-c2cc(-c3ccccc3)nc3sc(C(=O)N4CCc5ccccc54)c(N)c23)c1OC. The van der Waals surface area contributed by atoms with Crippen molar-refractivity contribution in [2.24, 2.45) is 0 Å². The Morgan fingerprint density at radius 2 is 1.73 bits per heavy atom. The van der Waals surface area contributed by atoms with E-state index in [-0.39, 0.29) is 5.91 Å². The summed E-state index contributed by atoms with van der Waals surface area (Å²) in [6.45, 7) is 0.630. The zero-order valence-corrected chi connectivity index (χ0v) is 21.3. The highest BCUT2D eigenvalue weighted by Gasteiger charge is 2.30. The lowest BCUT2D eigenvalue weighted by Gasteiger charge is -2.17. The van der Waals surface area contributed by atoms with Crippen LogP contribution in [0.25, 0.3) is 32.6 Å². The number of nitrogens with zero attached hydrogens (tertiary/aromatic N) is 2. The van der Waals surface area contributed by atoms with Crippen LogP contribution in [0.3, 0.4) is 0 Å². The summed E-state index contributed by atoms with van der Waals surface area (Å²) >= 11 is 1.34. The van der Waals surface area contributed by atoms with Gasteiger partial charge in [-0.2, -0.15) is 0 Å². The number of anilines is 2. The van der Waals surface area contributed by atoms with Crippen molar-refractivity contribution >= 4 is 38.8 Å². The second-order valence-electron chi connectivity index (χ2n) is 8.82. The minimum Gasteiger partial charge on any atom is -0.493 e. The number of fused-ring (bicyclic) bond motifs is 2. The largest absolute Gasteiger partial charge is 0.493 e. The van der Waals surface area contributed by atoms with Crippen LogP contribution in [0, 0.1) is 0 Å². The lowest BCUT2D eigenvalue weighted by atomic mass is 9.98. The van der Waals surface area contributed by atoms with E-state index in [0.29, 0.717) is 33.4 Å². The van der Waals surface area contributed by atoms with Gasteiger partial charge in [-0.15, -0.1) is 11.3 Å². The van der Waals surface area contributed by atoms with Crippen LogP contribution in [0.1, 0.15) is 15.2 Å². The van der Waals surface area contributed by atoms with Crippen molar-refractivity contribution < 1.29 is 14.3 Å². The molecule has 184 valence electrons. The molecule has 0 radical (unpaired) electrons. The molecule has 0 saturated carbocycles. The number of rotatable bonds is 5. The highest BCUT2D eigenvalue weighted by Crippen LogP contribution is 2.46. The Morgan fingerprint density at radius 3 is 2.51 bits per heavy atom. The van der Waals surface area contributed by atoms with Crippen LogP contribution in [0.4, 0.5) is 11.4 Å². The van der Waals surface area contributed by atoms with Gasteiger partial charge in [0.15, 0.2) is 11.5 Å². The number of nitrogens with two attached hydrogens (primary N) is 1. The Kier molecular flexibility index (Phi) is 5.77. The van der Waals surface area contributed by atoms with Gasteiger partial charge < -0.3 is 20.1 Å². The molecule has 0 unspecified atom stereocenters. The molecule has 7 heteroatoms. The fourth-order valence-corrected chi connectivity index (χ4v) is 6.09. The fourth-order valence-electron chi connectivity index (χ4n) is 5.02. The van der Waals surface area contributed by atoms with Crippen LogP contribution in [-0.2, 0) is 6.42 Å². The van der Waals surface area contributed by atoms with Gasteiger partial charge in [0.2, 0.25) is 0 Å². The van der Waals surface area contributed by atoms with Gasteiger partial charge in [-0.1, -0.05) is 60.7 Å². The monoisotopic (exact) mass is 507 g/mol. The zero-order valence-electron chi connectivity index (χ0n) is 20.5. The molecular weight excluding hydrogens is 482 g/mol. The third kappa shape index (κ3) is 3.79. The van der Waals surface area contributed by atoms with Crippen molar-refractivity contribution in [3.05, 3.63) is 89.3 Å². The number of benzene rings is 3. The van der Waals surface area contributed by atoms with E-state index in [2.05, 4.69) is 6.07 Å². The summed E-state index contributed by atoms with van der Waals surface area (Å²) in [5.74, 6) is 1.11. The molecule has 1 aliphatic rings. The van der Waals surface area contributed by atoms with Crippen LogP contribution in [0.5, 0.6) is 11.5 Å². The number of para-hydroxylation sites is 2. The molecule has 0 fully saturated rings. The number of thiophene rings is 1. The summed E-state index contributed by atoms with van der Waals surface area (Å²) in [4.78, 5) is 21.8. The molecule has 3 aromatic carbocycles. The van der Waals surface area contributed by atoms with Crippen molar-refractivity contribution in [2.45, 2.75) is 6.42 Å². The van der Waals surface area contributed by atoms with Crippen molar-refractivity contribution in [1.82, 2.24) is 4.98 Å². The first-order valence-electron chi connectivity index (χ1n) is 12.0. The van der Waals surface area contributed by atoms with Crippen LogP contribution in [0.15, 0.2) is 78.9 Å². The Balaban J connectivity index is 1.58. The van der Waals surface area contributed by atoms with Gasteiger partial charge >= 0.3 is 0 Å². The van der Waals surface area contributed by atoms with Gasteiger partial charge in [-0.05, 0) is 30.2 Å². The van der Waals surface area contributed by atoms with Crippen LogP contribution in [-0.4, -0.2) is 31.7 Å². The number of hydrogen-bond acceptors (Lipinski definition) is 6. The number of pyridine rings is 1. The quantitative estimate of drug-likeness (QED) is 0.297. The standard InChI is InChI=1S/C30H25N3O3S/c1-35-24-14-8-12-20(27(24)36-2)21-17-22(18-9-4-3-5-10-18)32-29-25(21)26(31)28(37-29)30(34)33-16-15-19-11-6-7-13-23(19)33/h3-14,17H,15-16,31H2,1-2H3. The number of nitrogen functional groups attached to an aromatic ring is 1. The van der Waals surface area contributed by atoms with Crippen molar-refractivity contribution in [2.75, 3.05) is 31.4 Å². The zero-order chi connectivity index (χ0) is 25.5. The molecule has 0 atom stereocenters. The topological polar surface area (TPSA) is 77.7 Å². The molecule has 0 bridgehead atoms. The molecule has 3 heterocycles.